The number of esters is 1. The molecule has 3 N–H and O–H groups in total. The Morgan fingerprint density at radius 2 is 2.15 bits per heavy atom. The number of rotatable bonds is 4. The van der Waals surface area contributed by atoms with E-state index in [0.29, 0.717) is 11.4 Å². The molecule has 0 radical (unpaired) electrons. The maximum atomic E-state index is 11.8. The van der Waals surface area contributed by atoms with Gasteiger partial charge in [-0.1, -0.05) is 12.1 Å². The molecule has 0 saturated heterocycles. The first-order valence-electron chi connectivity index (χ1n) is 5.72. The average Bonchev–Trinajstić information content (AvgIpc) is 2.89. The number of nitrogen functional groups attached to an aromatic ring is 1. The van der Waals surface area contributed by atoms with Gasteiger partial charge in [0.2, 0.25) is 5.91 Å². The highest BCUT2D eigenvalue weighted by Crippen LogP contribution is 2.16. The Hall–Kier alpha value is -2.90. The topological polar surface area (TPSA) is 112 Å². The van der Waals surface area contributed by atoms with Crippen LogP contribution in [0.15, 0.2) is 30.6 Å². The Labute approximate surface area is 114 Å². The van der Waals surface area contributed by atoms with Gasteiger partial charge in [-0.3, -0.25) is 4.79 Å². The van der Waals surface area contributed by atoms with E-state index in [-0.39, 0.29) is 18.3 Å². The third-order valence-electron chi connectivity index (χ3n) is 2.44. The van der Waals surface area contributed by atoms with E-state index < -0.39 is 5.97 Å². The van der Waals surface area contributed by atoms with E-state index in [9.17, 15) is 9.59 Å². The second-order valence-corrected chi connectivity index (χ2v) is 3.89. The molecule has 0 aliphatic rings. The van der Waals surface area contributed by atoms with E-state index in [1.165, 1.54) is 18.1 Å². The second kappa shape index (κ2) is 5.83. The first kappa shape index (κ1) is 13.5. The van der Waals surface area contributed by atoms with Crippen LogP contribution in [0.5, 0.6) is 0 Å². The van der Waals surface area contributed by atoms with Crippen molar-refractivity contribution in [3.63, 3.8) is 0 Å². The number of anilines is 2. The highest BCUT2D eigenvalue weighted by atomic mass is 16.5. The Kier molecular flexibility index (Phi) is 3.94. The van der Waals surface area contributed by atoms with Crippen molar-refractivity contribution in [1.82, 2.24) is 14.8 Å². The lowest BCUT2D eigenvalue weighted by Gasteiger charge is -2.07. The van der Waals surface area contributed by atoms with Gasteiger partial charge in [0.05, 0.1) is 18.5 Å². The fraction of sp³-hybridized carbons (Fsp3) is 0.167. The molecule has 8 heteroatoms. The van der Waals surface area contributed by atoms with Gasteiger partial charge in [-0.15, -0.1) is 5.10 Å². The molecule has 1 aromatic heterocycles. The summed E-state index contributed by atoms with van der Waals surface area (Å²) in [5.74, 6) is -1.08. The number of benzene rings is 1. The molecule has 0 aliphatic carbocycles. The molecule has 104 valence electrons. The number of carbonyl (C=O) groups excluding carboxylic acids is 2. The summed E-state index contributed by atoms with van der Waals surface area (Å²) < 4.78 is 5.71. The molecule has 0 atom stereocenters. The summed E-state index contributed by atoms with van der Waals surface area (Å²) in [5.41, 5.74) is 6.70. The highest BCUT2D eigenvalue weighted by molar-refractivity contribution is 5.93. The number of carbonyl (C=O) groups is 2. The normalized spacial score (nSPS) is 10.1. The Morgan fingerprint density at radius 3 is 2.85 bits per heavy atom. The second-order valence-electron chi connectivity index (χ2n) is 3.89. The molecule has 20 heavy (non-hydrogen) atoms. The van der Waals surface area contributed by atoms with Crippen LogP contribution in [-0.2, 0) is 16.1 Å². The van der Waals surface area contributed by atoms with Crippen molar-refractivity contribution in [2.45, 2.75) is 6.54 Å². The van der Waals surface area contributed by atoms with Gasteiger partial charge < -0.3 is 15.8 Å². The van der Waals surface area contributed by atoms with Gasteiger partial charge in [-0.2, -0.15) is 0 Å². The van der Waals surface area contributed by atoms with Crippen LogP contribution in [0, 0.1) is 0 Å². The van der Waals surface area contributed by atoms with Gasteiger partial charge >= 0.3 is 5.97 Å². The monoisotopic (exact) mass is 275 g/mol. The van der Waals surface area contributed by atoms with Crippen molar-refractivity contribution >= 4 is 23.3 Å². The molecule has 8 nitrogen and oxygen atoms in total. The number of aromatic nitrogens is 3. The molecule has 0 aliphatic heterocycles. The molecular formula is C12H13N5O3. The predicted octanol–water partition coefficient (Wildman–Crippen LogP) is 0.286. The van der Waals surface area contributed by atoms with Crippen LogP contribution < -0.4 is 11.1 Å². The lowest BCUT2D eigenvalue weighted by atomic mass is 10.2. The van der Waals surface area contributed by atoms with Gasteiger partial charge in [-0.25, -0.2) is 14.5 Å². The quantitative estimate of drug-likeness (QED) is 0.612. The van der Waals surface area contributed by atoms with Gasteiger partial charge in [0, 0.05) is 0 Å². The fourth-order valence-corrected chi connectivity index (χ4v) is 1.50. The van der Waals surface area contributed by atoms with Gasteiger partial charge in [0.25, 0.3) is 5.82 Å². The van der Waals surface area contributed by atoms with Crippen molar-refractivity contribution in [3.05, 3.63) is 36.4 Å². The van der Waals surface area contributed by atoms with Crippen molar-refractivity contribution in [2.75, 3.05) is 18.2 Å². The SMILES string of the molecule is COC(=O)c1ncn(CC(=O)Nc2ccccc2N)n1. The summed E-state index contributed by atoms with van der Waals surface area (Å²) in [4.78, 5) is 26.7. The van der Waals surface area contributed by atoms with Gasteiger partial charge in [0.1, 0.15) is 12.9 Å². The fourth-order valence-electron chi connectivity index (χ4n) is 1.50. The van der Waals surface area contributed by atoms with E-state index in [1.807, 2.05) is 0 Å². The standard InChI is InChI=1S/C12H13N5O3/c1-20-12(19)11-14-7-17(16-11)6-10(18)15-9-5-3-2-4-8(9)13/h2-5,7H,6,13H2,1H3,(H,15,18). The largest absolute Gasteiger partial charge is 0.463 e. The summed E-state index contributed by atoms with van der Waals surface area (Å²) >= 11 is 0. The third-order valence-corrected chi connectivity index (χ3v) is 2.44. The molecule has 0 bridgehead atoms. The van der Waals surface area contributed by atoms with Gasteiger partial charge in [0.15, 0.2) is 0 Å². The average molecular weight is 275 g/mol. The number of amides is 1. The summed E-state index contributed by atoms with van der Waals surface area (Å²) in [6.07, 6.45) is 1.28. The molecule has 2 rings (SSSR count). The van der Waals surface area contributed by atoms with Crippen LogP contribution in [-0.4, -0.2) is 33.8 Å². The third kappa shape index (κ3) is 3.10. The van der Waals surface area contributed by atoms with Crippen molar-refractivity contribution in [3.8, 4) is 0 Å². The van der Waals surface area contributed by atoms with E-state index in [0.717, 1.165) is 0 Å². The van der Waals surface area contributed by atoms with Crippen molar-refractivity contribution in [1.29, 1.82) is 0 Å². The summed E-state index contributed by atoms with van der Waals surface area (Å²) in [5, 5.41) is 6.47. The molecule has 1 heterocycles. The number of nitrogens with zero attached hydrogens (tertiary/aromatic N) is 3. The summed E-state index contributed by atoms with van der Waals surface area (Å²) in [7, 11) is 1.23. The molecule has 0 unspecified atom stereocenters. The molecule has 0 saturated carbocycles. The van der Waals surface area contributed by atoms with Crippen LogP contribution in [0.4, 0.5) is 11.4 Å². The number of hydrogen-bond acceptors (Lipinski definition) is 6. The number of nitrogens with two attached hydrogens (primary N) is 1. The van der Waals surface area contributed by atoms with E-state index in [4.69, 9.17) is 5.73 Å². The number of hydrogen-bond donors (Lipinski definition) is 2. The Morgan fingerprint density at radius 1 is 1.40 bits per heavy atom. The lowest BCUT2D eigenvalue weighted by molar-refractivity contribution is -0.116. The minimum Gasteiger partial charge on any atom is -0.463 e. The Bertz CT molecular complexity index is 638. The molecule has 0 fully saturated rings. The molecule has 0 spiro atoms. The predicted molar refractivity (Wildman–Crippen MR) is 70.8 cm³/mol. The van der Waals surface area contributed by atoms with Crippen molar-refractivity contribution in [2.24, 2.45) is 0 Å². The summed E-state index contributed by atoms with van der Waals surface area (Å²) in [6.45, 7) is -0.0850. The van der Waals surface area contributed by atoms with Crippen LogP contribution in [0.1, 0.15) is 10.6 Å². The smallest absolute Gasteiger partial charge is 0.377 e. The molecule has 1 amide bonds. The van der Waals surface area contributed by atoms with E-state index >= 15 is 0 Å². The first-order valence-corrected chi connectivity index (χ1v) is 5.72. The molecule has 1 aromatic carbocycles. The highest BCUT2D eigenvalue weighted by Gasteiger charge is 2.13. The van der Waals surface area contributed by atoms with Crippen LogP contribution in [0.25, 0.3) is 0 Å². The van der Waals surface area contributed by atoms with E-state index in [2.05, 4.69) is 20.1 Å². The minimum absolute atomic E-state index is 0.0850. The number of methoxy groups -OCH3 is 1. The lowest BCUT2D eigenvalue weighted by Crippen LogP contribution is -2.20. The zero-order chi connectivity index (χ0) is 14.5. The maximum Gasteiger partial charge on any atom is 0.377 e. The van der Waals surface area contributed by atoms with Gasteiger partial charge in [-0.05, 0) is 12.1 Å². The van der Waals surface area contributed by atoms with Crippen LogP contribution in [0.3, 0.4) is 0 Å². The number of para-hydroxylation sites is 2. The Balaban J connectivity index is 2.00. The number of nitrogens with one attached hydrogen (secondary N) is 1. The first-order chi connectivity index (χ1) is 9.60. The van der Waals surface area contributed by atoms with Crippen molar-refractivity contribution < 1.29 is 14.3 Å². The van der Waals surface area contributed by atoms with Crippen LogP contribution >= 0.6 is 0 Å². The maximum absolute atomic E-state index is 11.8. The van der Waals surface area contributed by atoms with Crippen LogP contribution in [0.2, 0.25) is 0 Å². The van der Waals surface area contributed by atoms with E-state index in [1.54, 1.807) is 24.3 Å². The summed E-state index contributed by atoms with van der Waals surface area (Å²) in [6, 6.07) is 6.90. The molecular weight excluding hydrogens is 262 g/mol. The number of ether oxygens (including phenoxy) is 1. The zero-order valence-electron chi connectivity index (χ0n) is 10.7. The minimum atomic E-state index is -0.656. The molecule has 2 aromatic rings. The zero-order valence-corrected chi connectivity index (χ0v) is 10.7.